The first-order valence-electron chi connectivity index (χ1n) is 6.76. The molecule has 0 unspecified atom stereocenters. The van der Waals surface area contributed by atoms with Crippen molar-refractivity contribution in [2.45, 2.75) is 0 Å². The van der Waals surface area contributed by atoms with Gasteiger partial charge in [-0.2, -0.15) is 0 Å². The Hall–Kier alpha value is -1.25. The van der Waals surface area contributed by atoms with Crippen LogP contribution in [0.25, 0.3) is 0 Å². The molecule has 1 rings (SSSR count). The van der Waals surface area contributed by atoms with Crippen molar-refractivity contribution in [2.75, 3.05) is 45.7 Å². The summed E-state index contributed by atoms with van der Waals surface area (Å²) in [5.74, 6) is -0.199. The van der Waals surface area contributed by atoms with Gasteiger partial charge >= 0.3 is 0 Å². The van der Waals surface area contributed by atoms with Gasteiger partial charge < -0.3 is 26.0 Å². The van der Waals surface area contributed by atoms with Gasteiger partial charge in [0.1, 0.15) is 12.4 Å². The Balaban J connectivity index is 0. The van der Waals surface area contributed by atoms with Gasteiger partial charge in [-0.15, -0.1) is 24.8 Å². The molecule has 0 radical (unpaired) electrons. The molecule has 0 saturated carbocycles. The number of hydrogen-bond acceptors (Lipinski definition) is 5. The molecule has 24 heavy (non-hydrogen) atoms. The van der Waals surface area contributed by atoms with Crippen molar-refractivity contribution in [1.82, 2.24) is 10.2 Å². The number of nitrogens with two attached hydrogens (primary N) is 1. The Bertz CT molecular complexity index is 530. The van der Waals surface area contributed by atoms with Crippen LogP contribution in [0, 0.1) is 0 Å². The van der Waals surface area contributed by atoms with Gasteiger partial charge in [0.05, 0.1) is 18.1 Å². The minimum absolute atomic E-state index is 0. The lowest BCUT2D eigenvalue weighted by Crippen LogP contribution is -2.36. The molecule has 0 aliphatic heterocycles. The predicted molar refractivity (Wildman–Crippen MR) is 101 cm³/mol. The number of likely N-dealkylation sites (N-methyl/N-ethyl adjacent to an activating group) is 1. The number of rotatable bonds is 8. The first-order valence-corrected chi connectivity index (χ1v) is 7.14. The fourth-order valence-electron chi connectivity index (χ4n) is 1.49. The van der Waals surface area contributed by atoms with Gasteiger partial charge in [-0.05, 0) is 32.3 Å². The summed E-state index contributed by atoms with van der Waals surface area (Å²) in [5, 5.41) is 5.40. The summed E-state index contributed by atoms with van der Waals surface area (Å²) in [6.45, 7) is 0.992. The van der Waals surface area contributed by atoms with E-state index >= 15 is 0 Å². The molecule has 10 heteroatoms. The third-order valence-corrected chi connectivity index (χ3v) is 2.94. The van der Waals surface area contributed by atoms with Gasteiger partial charge in [0.15, 0.2) is 0 Å². The van der Waals surface area contributed by atoms with Gasteiger partial charge in [-0.1, -0.05) is 11.6 Å². The number of ether oxygens (including phenoxy) is 1. The van der Waals surface area contributed by atoms with Crippen LogP contribution >= 0.6 is 36.4 Å². The third kappa shape index (κ3) is 9.79. The summed E-state index contributed by atoms with van der Waals surface area (Å²) in [7, 11) is 3.90. The quantitative estimate of drug-likeness (QED) is 0.607. The largest absolute Gasteiger partial charge is 0.491 e. The van der Waals surface area contributed by atoms with Crippen LogP contribution in [0.4, 0.5) is 5.69 Å². The maximum absolute atomic E-state index is 11.6. The van der Waals surface area contributed by atoms with Crippen LogP contribution in [-0.4, -0.2) is 57.1 Å². The maximum Gasteiger partial charge on any atom is 0.243 e. The second-order valence-electron chi connectivity index (χ2n) is 4.83. The number of benzene rings is 1. The molecule has 138 valence electrons. The molecule has 0 atom stereocenters. The van der Waals surface area contributed by atoms with E-state index in [1.807, 2.05) is 19.0 Å². The van der Waals surface area contributed by atoms with E-state index in [1.54, 1.807) is 18.2 Å². The Labute approximate surface area is 159 Å². The smallest absolute Gasteiger partial charge is 0.243 e. The van der Waals surface area contributed by atoms with E-state index in [0.717, 1.165) is 6.54 Å². The standard InChI is InChI=1S/C14H21ClN4O3.2ClH/c1-19(2)5-6-22-12-4-3-10(7-11(12)15)18-14(21)9-17-13(20)8-16;;/h3-4,7H,5-6,8-9,16H2,1-2H3,(H,17,20)(H,18,21);2*1H. The average Bonchev–Trinajstić information content (AvgIpc) is 2.46. The van der Waals surface area contributed by atoms with Crippen LogP contribution in [0.5, 0.6) is 5.75 Å². The van der Waals surface area contributed by atoms with E-state index in [-0.39, 0.29) is 43.8 Å². The monoisotopic (exact) mass is 400 g/mol. The van der Waals surface area contributed by atoms with Crippen molar-refractivity contribution in [2.24, 2.45) is 5.73 Å². The number of hydrogen-bond donors (Lipinski definition) is 3. The molecule has 2 amide bonds. The molecule has 0 aromatic heterocycles. The molecular weight excluding hydrogens is 379 g/mol. The molecule has 0 spiro atoms. The highest BCUT2D eigenvalue weighted by Crippen LogP contribution is 2.27. The normalized spacial score (nSPS) is 9.54. The summed E-state index contributed by atoms with van der Waals surface area (Å²) < 4.78 is 5.54. The number of nitrogens with one attached hydrogen (secondary N) is 2. The zero-order valence-electron chi connectivity index (χ0n) is 13.5. The molecule has 0 saturated heterocycles. The van der Waals surface area contributed by atoms with E-state index in [0.29, 0.717) is 23.1 Å². The van der Waals surface area contributed by atoms with E-state index in [4.69, 9.17) is 22.1 Å². The predicted octanol–water partition coefficient (Wildman–Crippen LogP) is 1.14. The highest BCUT2D eigenvalue weighted by molar-refractivity contribution is 6.32. The molecule has 0 heterocycles. The Kier molecular flexibility index (Phi) is 13.6. The van der Waals surface area contributed by atoms with Gasteiger partial charge in [-0.25, -0.2) is 0 Å². The SMILES string of the molecule is CN(C)CCOc1ccc(NC(=O)CNC(=O)CN)cc1Cl.Cl.Cl. The van der Waals surface area contributed by atoms with Crippen LogP contribution in [-0.2, 0) is 9.59 Å². The van der Waals surface area contributed by atoms with E-state index < -0.39 is 5.91 Å². The summed E-state index contributed by atoms with van der Waals surface area (Å²) in [5.41, 5.74) is 5.65. The average molecular weight is 402 g/mol. The number of amides is 2. The molecule has 4 N–H and O–H groups in total. The number of halogens is 3. The molecule has 1 aromatic carbocycles. The first kappa shape index (κ1) is 25.0. The topological polar surface area (TPSA) is 96.7 Å². The van der Waals surface area contributed by atoms with Gasteiger partial charge in [0.25, 0.3) is 0 Å². The number of carbonyl (C=O) groups excluding carboxylic acids is 2. The lowest BCUT2D eigenvalue weighted by Gasteiger charge is -2.13. The lowest BCUT2D eigenvalue weighted by molar-refractivity contribution is -0.123. The van der Waals surface area contributed by atoms with Crippen LogP contribution in [0.15, 0.2) is 18.2 Å². The fraction of sp³-hybridized carbons (Fsp3) is 0.429. The van der Waals surface area contributed by atoms with Crippen LogP contribution in [0.2, 0.25) is 5.02 Å². The number of carbonyl (C=O) groups is 2. The Morgan fingerprint density at radius 3 is 2.46 bits per heavy atom. The van der Waals surface area contributed by atoms with Crippen LogP contribution < -0.4 is 21.1 Å². The molecule has 7 nitrogen and oxygen atoms in total. The van der Waals surface area contributed by atoms with Gasteiger partial charge in [0.2, 0.25) is 11.8 Å². The zero-order chi connectivity index (χ0) is 16.5. The molecule has 0 aliphatic rings. The molecular formula is C14H23Cl3N4O3. The maximum atomic E-state index is 11.6. The van der Waals surface area contributed by atoms with Crippen molar-refractivity contribution in [3.05, 3.63) is 23.2 Å². The third-order valence-electron chi connectivity index (χ3n) is 2.64. The van der Waals surface area contributed by atoms with Crippen LogP contribution in [0.3, 0.4) is 0 Å². The molecule has 1 aromatic rings. The second-order valence-corrected chi connectivity index (χ2v) is 5.23. The van der Waals surface area contributed by atoms with Crippen LogP contribution in [0.1, 0.15) is 0 Å². The van der Waals surface area contributed by atoms with Crippen molar-refractivity contribution in [3.8, 4) is 5.75 Å². The second kappa shape index (κ2) is 13.1. The van der Waals surface area contributed by atoms with Gasteiger partial charge in [0, 0.05) is 12.2 Å². The minimum atomic E-state index is -0.391. The molecule has 0 fully saturated rings. The highest BCUT2D eigenvalue weighted by atomic mass is 35.5. The van der Waals surface area contributed by atoms with Crippen molar-refractivity contribution < 1.29 is 14.3 Å². The van der Waals surface area contributed by atoms with Crippen molar-refractivity contribution in [3.63, 3.8) is 0 Å². The lowest BCUT2D eigenvalue weighted by atomic mass is 10.3. The molecule has 0 bridgehead atoms. The summed E-state index contributed by atoms with van der Waals surface area (Å²) in [6.07, 6.45) is 0. The first-order chi connectivity index (χ1) is 10.4. The minimum Gasteiger partial charge on any atom is -0.491 e. The highest BCUT2D eigenvalue weighted by Gasteiger charge is 2.07. The van der Waals surface area contributed by atoms with E-state index in [9.17, 15) is 9.59 Å². The van der Waals surface area contributed by atoms with Gasteiger partial charge in [-0.3, -0.25) is 9.59 Å². The Morgan fingerprint density at radius 2 is 1.92 bits per heavy atom. The fourth-order valence-corrected chi connectivity index (χ4v) is 1.73. The number of nitrogens with zero attached hydrogens (tertiary/aromatic N) is 1. The summed E-state index contributed by atoms with van der Waals surface area (Å²) >= 11 is 6.10. The molecule has 0 aliphatic carbocycles. The Morgan fingerprint density at radius 1 is 1.25 bits per heavy atom. The van der Waals surface area contributed by atoms with E-state index in [1.165, 1.54) is 0 Å². The number of anilines is 1. The van der Waals surface area contributed by atoms with Crippen molar-refractivity contribution >= 4 is 53.9 Å². The zero-order valence-corrected chi connectivity index (χ0v) is 15.9. The van der Waals surface area contributed by atoms with Crippen molar-refractivity contribution in [1.29, 1.82) is 0 Å². The van der Waals surface area contributed by atoms with E-state index in [2.05, 4.69) is 10.6 Å². The summed E-state index contributed by atoms with van der Waals surface area (Å²) in [4.78, 5) is 24.6. The summed E-state index contributed by atoms with van der Waals surface area (Å²) in [6, 6.07) is 4.96.